The van der Waals surface area contributed by atoms with Crippen molar-refractivity contribution in [2.24, 2.45) is 4.99 Å². The molecule has 7 heteroatoms. The lowest BCUT2D eigenvalue weighted by molar-refractivity contribution is -0.555. The highest BCUT2D eigenvalue weighted by molar-refractivity contribution is 8.14. The normalized spacial score (nSPS) is 26.8. The fraction of sp³-hybridized carbons (Fsp3) is 0.667. The van der Waals surface area contributed by atoms with E-state index in [1.807, 2.05) is 0 Å². The van der Waals surface area contributed by atoms with Gasteiger partial charge in [-0.3, -0.25) is 14.9 Å². The SMILES string of the molecule is CC(=O)NC1=NC(C)([N+](=O)[O-])CS1. The third-order valence-electron chi connectivity index (χ3n) is 1.50. The van der Waals surface area contributed by atoms with Crippen LogP contribution in [0.3, 0.4) is 0 Å². The van der Waals surface area contributed by atoms with Gasteiger partial charge in [0, 0.05) is 13.8 Å². The van der Waals surface area contributed by atoms with E-state index in [1.165, 1.54) is 25.6 Å². The Labute approximate surface area is 78.9 Å². The van der Waals surface area contributed by atoms with Crippen molar-refractivity contribution in [1.82, 2.24) is 5.32 Å². The standard InChI is InChI=1S/C6H9N3O3S/c1-4(10)7-5-8-6(2,3-13-5)9(11)12/h3H2,1-2H3,(H,7,8,10). The molecule has 1 aliphatic heterocycles. The Balaban J connectivity index is 2.73. The molecule has 0 spiro atoms. The van der Waals surface area contributed by atoms with Gasteiger partial charge in [0.1, 0.15) is 0 Å². The highest BCUT2D eigenvalue weighted by Gasteiger charge is 2.42. The van der Waals surface area contributed by atoms with Crippen molar-refractivity contribution >= 4 is 22.8 Å². The monoisotopic (exact) mass is 203 g/mol. The predicted molar refractivity (Wildman–Crippen MR) is 49.1 cm³/mol. The quantitative estimate of drug-likeness (QED) is 0.488. The first-order chi connectivity index (χ1) is 5.94. The Morgan fingerprint density at radius 2 is 2.46 bits per heavy atom. The molecule has 1 amide bonds. The molecule has 0 fully saturated rings. The number of nitrogens with one attached hydrogen (secondary N) is 1. The van der Waals surface area contributed by atoms with Crippen LogP contribution in [0.25, 0.3) is 0 Å². The van der Waals surface area contributed by atoms with Crippen molar-refractivity contribution in [3.8, 4) is 0 Å². The molecular weight excluding hydrogens is 194 g/mol. The molecule has 1 N–H and O–H groups in total. The maximum absolute atomic E-state index is 10.6. The number of amides is 1. The Morgan fingerprint density at radius 1 is 1.85 bits per heavy atom. The lowest BCUT2D eigenvalue weighted by Crippen LogP contribution is -2.33. The zero-order chi connectivity index (χ0) is 10.1. The molecular formula is C6H9N3O3S. The van der Waals surface area contributed by atoms with Crippen LogP contribution in [0.1, 0.15) is 13.8 Å². The summed E-state index contributed by atoms with van der Waals surface area (Å²) in [6.07, 6.45) is 0. The van der Waals surface area contributed by atoms with Gasteiger partial charge in [-0.1, -0.05) is 11.8 Å². The zero-order valence-corrected chi connectivity index (χ0v) is 8.05. The number of nitro groups is 1. The Morgan fingerprint density at radius 3 is 2.85 bits per heavy atom. The van der Waals surface area contributed by atoms with Crippen LogP contribution in [0, 0.1) is 10.1 Å². The lowest BCUT2D eigenvalue weighted by Gasteiger charge is -2.07. The van der Waals surface area contributed by atoms with Crippen LogP contribution in [-0.4, -0.2) is 27.4 Å². The van der Waals surface area contributed by atoms with Crippen LogP contribution in [0.5, 0.6) is 0 Å². The first kappa shape index (κ1) is 9.97. The summed E-state index contributed by atoms with van der Waals surface area (Å²) in [5.74, 6) is -0.00542. The van der Waals surface area contributed by atoms with E-state index in [0.717, 1.165) is 0 Å². The molecule has 0 saturated carbocycles. The fourth-order valence-corrected chi connectivity index (χ4v) is 1.85. The van der Waals surface area contributed by atoms with Gasteiger partial charge >= 0.3 is 5.66 Å². The van der Waals surface area contributed by atoms with E-state index in [0.29, 0.717) is 5.17 Å². The van der Waals surface area contributed by atoms with Gasteiger partial charge < -0.3 is 5.32 Å². The molecule has 0 aromatic carbocycles. The Hall–Kier alpha value is -1.11. The van der Waals surface area contributed by atoms with Crippen molar-refractivity contribution in [2.45, 2.75) is 19.5 Å². The number of carbonyl (C=O) groups is 1. The maximum Gasteiger partial charge on any atom is 0.321 e. The van der Waals surface area contributed by atoms with E-state index >= 15 is 0 Å². The molecule has 0 aliphatic carbocycles. The molecule has 1 aliphatic rings. The summed E-state index contributed by atoms with van der Waals surface area (Å²) in [5, 5.41) is 13.3. The first-order valence-electron chi connectivity index (χ1n) is 3.59. The van der Waals surface area contributed by atoms with Crippen LogP contribution in [-0.2, 0) is 4.79 Å². The fourth-order valence-electron chi connectivity index (χ4n) is 0.797. The van der Waals surface area contributed by atoms with Crippen molar-refractivity contribution < 1.29 is 9.72 Å². The molecule has 0 saturated heterocycles. The van der Waals surface area contributed by atoms with Crippen LogP contribution in [0.2, 0.25) is 0 Å². The molecule has 0 aromatic heterocycles. The second-order valence-corrected chi connectivity index (χ2v) is 3.82. The highest BCUT2D eigenvalue weighted by atomic mass is 32.2. The van der Waals surface area contributed by atoms with Crippen molar-refractivity contribution in [3.63, 3.8) is 0 Å². The van der Waals surface area contributed by atoms with Crippen LogP contribution >= 0.6 is 11.8 Å². The summed E-state index contributed by atoms with van der Waals surface area (Å²) in [4.78, 5) is 24.5. The van der Waals surface area contributed by atoms with Gasteiger partial charge in [-0.2, -0.15) is 4.99 Å². The number of hydrogen-bond acceptors (Lipinski definition) is 5. The van der Waals surface area contributed by atoms with Gasteiger partial charge in [-0.15, -0.1) is 0 Å². The van der Waals surface area contributed by atoms with Crippen LogP contribution in [0.4, 0.5) is 0 Å². The average Bonchev–Trinajstić information content (AvgIpc) is 2.32. The molecule has 6 nitrogen and oxygen atoms in total. The Kier molecular flexibility index (Phi) is 2.55. The molecule has 1 unspecified atom stereocenters. The molecule has 72 valence electrons. The average molecular weight is 203 g/mol. The van der Waals surface area contributed by atoms with Gasteiger partial charge in [-0.25, -0.2) is 0 Å². The van der Waals surface area contributed by atoms with Gasteiger partial charge in [0.2, 0.25) is 5.91 Å². The maximum atomic E-state index is 10.6. The number of nitrogens with zero attached hydrogens (tertiary/aromatic N) is 2. The van der Waals surface area contributed by atoms with Crippen molar-refractivity contribution in [3.05, 3.63) is 10.1 Å². The van der Waals surface area contributed by atoms with Gasteiger partial charge in [0.25, 0.3) is 0 Å². The Bertz CT molecular complexity index is 291. The van der Waals surface area contributed by atoms with Gasteiger partial charge in [0.05, 0.1) is 10.7 Å². The summed E-state index contributed by atoms with van der Waals surface area (Å²) >= 11 is 1.18. The van der Waals surface area contributed by atoms with Gasteiger partial charge in [-0.05, 0) is 0 Å². The second kappa shape index (κ2) is 3.33. The number of thioether (sulfide) groups is 1. The molecule has 1 heterocycles. The third kappa shape index (κ3) is 2.18. The number of hydrogen-bond donors (Lipinski definition) is 1. The number of rotatable bonds is 1. The second-order valence-electron chi connectivity index (χ2n) is 2.86. The predicted octanol–water partition coefficient (Wildman–Crippen LogP) is 0.218. The van der Waals surface area contributed by atoms with Crippen molar-refractivity contribution in [1.29, 1.82) is 0 Å². The van der Waals surface area contributed by atoms with Crippen LogP contribution in [0.15, 0.2) is 4.99 Å². The minimum absolute atomic E-state index is 0.260. The third-order valence-corrected chi connectivity index (χ3v) is 2.66. The smallest absolute Gasteiger partial charge is 0.305 e. The van der Waals surface area contributed by atoms with E-state index in [1.54, 1.807) is 0 Å². The van der Waals surface area contributed by atoms with E-state index < -0.39 is 10.6 Å². The molecule has 0 aromatic rings. The lowest BCUT2D eigenvalue weighted by atomic mass is 10.3. The number of amidine groups is 1. The van der Waals surface area contributed by atoms with Gasteiger partial charge in [0.15, 0.2) is 5.17 Å². The summed E-state index contributed by atoms with van der Waals surface area (Å²) in [7, 11) is 0. The largest absolute Gasteiger partial charge is 0.321 e. The molecule has 0 bridgehead atoms. The van der Waals surface area contributed by atoms with E-state index in [2.05, 4.69) is 10.3 Å². The molecule has 1 rings (SSSR count). The topological polar surface area (TPSA) is 84.6 Å². The summed E-state index contributed by atoms with van der Waals surface area (Å²) in [6.45, 7) is 2.76. The minimum atomic E-state index is -1.29. The number of aliphatic imine (C=N–C) groups is 1. The van der Waals surface area contributed by atoms with E-state index in [4.69, 9.17) is 0 Å². The minimum Gasteiger partial charge on any atom is -0.305 e. The van der Waals surface area contributed by atoms with Crippen molar-refractivity contribution in [2.75, 3.05) is 5.75 Å². The summed E-state index contributed by atoms with van der Waals surface area (Å²) < 4.78 is 0. The number of carbonyl (C=O) groups excluding carboxylic acids is 1. The highest BCUT2D eigenvalue weighted by Crippen LogP contribution is 2.26. The van der Waals surface area contributed by atoms with E-state index in [9.17, 15) is 14.9 Å². The van der Waals surface area contributed by atoms with E-state index in [-0.39, 0.29) is 11.7 Å². The molecule has 1 atom stereocenters. The molecule has 0 radical (unpaired) electrons. The summed E-state index contributed by atoms with van der Waals surface area (Å²) in [6, 6.07) is 0. The first-order valence-corrected chi connectivity index (χ1v) is 4.57. The van der Waals surface area contributed by atoms with Crippen LogP contribution < -0.4 is 5.32 Å². The summed E-state index contributed by atoms with van der Waals surface area (Å²) in [5.41, 5.74) is -1.29. The molecule has 13 heavy (non-hydrogen) atoms. The zero-order valence-electron chi connectivity index (χ0n) is 7.23.